The highest BCUT2D eigenvalue weighted by molar-refractivity contribution is 6.08. The second kappa shape index (κ2) is 4.81. The quantitative estimate of drug-likeness (QED) is 0.314. The summed E-state index contributed by atoms with van der Waals surface area (Å²) in [5, 5.41) is 18.9. The van der Waals surface area contributed by atoms with Gasteiger partial charge in [0, 0.05) is 5.39 Å². The maximum Gasteiger partial charge on any atom is 0.0998 e. The number of nitriles is 1. The molecule has 24 heavy (non-hydrogen) atoms. The number of rotatable bonds is 0. The highest BCUT2D eigenvalue weighted by atomic mass is 14.2. The highest BCUT2D eigenvalue weighted by Crippen LogP contribution is 2.31. The third kappa shape index (κ3) is 1.87. The van der Waals surface area contributed by atoms with Crippen LogP contribution >= 0.6 is 0 Å². The van der Waals surface area contributed by atoms with Gasteiger partial charge in [-0.1, -0.05) is 36.4 Å². The lowest BCUT2D eigenvalue weighted by Crippen LogP contribution is -1.83. The summed E-state index contributed by atoms with van der Waals surface area (Å²) in [6.45, 7) is 0. The Kier molecular flexibility index (Phi) is 2.63. The van der Waals surface area contributed by atoms with Crippen molar-refractivity contribution < 1.29 is 0 Å². The van der Waals surface area contributed by atoms with Gasteiger partial charge in [-0.3, -0.25) is 0 Å². The summed E-state index contributed by atoms with van der Waals surface area (Å²) in [6.07, 6.45) is 0. The van der Waals surface area contributed by atoms with Gasteiger partial charge in [0.25, 0.3) is 0 Å². The molecule has 0 fully saturated rings. The zero-order valence-corrected chi connectivity index (χ0v) is 13.0. The first-order valence-electron chi connectivity index (χ1n) is 8.01. The summed E-state index contributed by atoms with van der Waals surface area (Å²) >= 11 is 0. The fraction of sp³-hybridized carbons (Fsp3) is 0. The van der Waals surface area contributed by atoms with E-state index in [1.165, 1.54) is 32.3 Å². The Morgan fingerprint density at radius 2 is 1.00 bits per heavy atom. The number of hydrogen-bond donors (Lipinski definition) is 0. The maximum absolute atomic E-state index is 9.35. The molecule has 0 spiro atoms. The molecule has 0 radical (unpaired) electrons. The lowest BCUT2D eigenvalue weighted by Gasteiger charge is -2.07. The number of hydrogen-bond acceptors (Lipinski definition) is 1. The maximum atomic E-state index is 9.35. The normalized spacial score (nSPS) is 11.3. The van der Waals surface area contributed by atoms with Crippen LogP contribution in [0.5, 0.6) is 0 Å². The SMILES string of the molecule is N#Cc1cccc2cc3cc4cc5ccccc5cc4cc3cc12. The topological polar surface area (TPSA) is 23.8 Å². The molecule has 0 saturated carbocycles. The Bertz CT molecular complexity index is 1310. The number of nitrogens with zero attached hydrogens (tertiary/aromatic N) is 1. The van der Waals surface area contributed by atoms with Crippen LogP contribution in [0.2, 0.25) is 0 Å². The van der Waals surface area contributed by atoms with Gasteiger partial charge in [0.05, 0.1) is 11.6 Å². The van der Waals surface area contributed by atoms with Gasteiger partial charge in [-0.2, -0.15) is 5.26 Å². The average Bonchev–Trinajstić information content (AvgIpc) is 2.62. The molecular formula is C23H13N. The van der Waals surface area contributed by atoms with Crippen LogP contribution in [0, 0.1) is 11.3 Å². The molecule has 110 valence electrons. The Balaban J connectivity index is 1.92. The zero-order valence-electron chi connectivity index (χ0n) is 13.0. The predicted molar refractivity (Wildman–Crippen MR) is 101 cm³/mol. The van der Waals surface area contributed by atoms with Gasteiger partial charge >= 0.3 is 0 Å². The molecule has 5 aromatic rings. The third-order valence-corrected chi connectivity index (χ3v) is 4.78. The minimum absolute atomic E-state index is 0.730. The van der Waals surface area contributed by atoms with Gasteiger partial charge in [0.15, 0.2) is 0 Å². The van der Waals surface area contributed by atoms with E-state index in [9.17, 15) is 5.26 Å². The van der Waals surface area contributed by atoms with Crippen molar-refractivity contribution in [1.82, 2.24) is 0 Å². The largest absolute Gasteiger partial charge is 0.192 e. The minimum atomic E-state index is 0.730. The molecule has 0 saturated heterocycles. The molecule has 5 aromatic carbocycles. The van der Waals surface area contributed by atoms with Crippen molar-refractivity contribution in [3.8, 4) is 6.07 Å². The predicted octanol–water partition coefficient (Wildman–Crippen LogP) is 6.17. The van der Waals surface area contributed by atoms with Crippen LogP contribution in [0.1, 0.15) is 5.56 Å². The monoisotopic (exact) mass is 303 g/mol. The van der Waals surface area contributed by atoms with Gasteiger partial charge in [-0.05, 0) is 80.2 Å². The molecule has 0 aliphatic rings. The van der Waals surface area contributed by atoms with Crippen LogP contribution in [0.15, 0.2) is 78.9 Å². The van der Waals surface area contributed by atoms with Gasteiger partial charge in [-0.15, -0.1) is 0 Å². The molecule has 0 unspecified atom stereocenters. The van der Waals surface area contributed by atoms with Crippen molar-refractivity contribution in [3.05, 3.63) is 84.4 Å². The van der Waals surface area contributed by atoms with Crippen LogP contribution in [-0.4, -0.2) is 0 Å². The first-order chi connectivity index (χ1) is 11.8. The van der Waals surface area contributed by atoms with Gasteiger partial charge in [0.2, 0.25) is 0 Å². The molecule has 0 aliphatic carbocycles. The summed E-state index contributed by atoms with van der Waals surface area (Å²) in [5.74, 6) is 0. The van der Waals surface area contributed by atoms with Crippen molar-refractivity contribution in [2.24, 2.45) is 0 Å². The Morgan fingerprint density at radius 3 is 1.62 bits per heavy atom. The molecule has 0 aromatic heterocycles. The van der Waals surface area contributed by atoms with E-state index in [2.05, 4.69) is 72.8 Å². The molecule has 0 atom stereocenters. The molecule has 0 amide bonds. The zero-order chi connectivity index (χ0) is 16.1. The summed E-state index contributed by atoms with van der Waals surface area (Å²) in [5.41, 5.74) is 0.730. The number of fused-ring (bicyclic) bond motifs is 4. The molecule has 1 heteroatoms. The fourth-order valence-corrected chi connectivity index (χ4v) is 3.57. The van der Waals surface area contributed by atoms with Crippen molar-refractivity contribution in [3.63, 3.8) is 0 Å². The van der Waals surface area contributed by atoms with Crippen molar-refractivity contribution >= 4 is 43.1 Å². The highest BCUT2D eigenvalue weighted by Gasteiger charge is 2.05. The Hall–Kier alpha value is -3.37. The molecule has 0 bridgehead atoms. The van der Waals surface area contributed by atoms with E-state index >= 15 is 0 Å². The summed E-state index contributed by atoms with van der Waals surface area (Å²) in [6, 6.07) is 29.9. The van der Waals surface area contributed by atoms with E-state index in [0.29, 0.717) is 0 Å². The van der Waals surface area contributed by atoms with Gasteiger partial charge in [-0.25, -0.2) is 0 Å². The van der Waals surface area contributed by atoms with Crippen molar-refractivity contribution in [1.29, 1.82) is 5.26 Å². The first-order valence-corrected chi connectivity index (χ1v) is 8.01. The summed E-state index contributed by atoms with van der Waals surface area (Å²) < 4.78 is 0. The van der Waals surface area contributed by atoms with Gasteiger partial charge < -0.3 is 0 Å². The van der Waals surface area contributed by atoms with E-state index in [4.69, 9.17) is 0 Å². The van der Waals surface area contributed by atoms with Crippen LogP contribution in [-0.2, 0) is 0 Å². The van der Waals surface area contributed by atoms with Crippen molar-refractivity contribution in [2.45, 2.75) is 0 Å². The smallest absolute Gasteiger partial charge is 0.0998 e. The summed E-state index contributed by atoms with van der Waals surface area (Å²) in [7, 11) is 0. The first kappa shape index (κ1) is 13.1. The average molecular weight is 303 g/mol. The van der Waals surface area contributed by atoms with Crippen LogP contribution in [0.4, 0.5) is 0 Å². The minimum Gasteiger partial charge on any atom is -0.192 e. The Morgan fingerprint density at radius 1 is 0.500 bits per heavy atom. The van der Waals surface area contributed by atoms with E-state index in [0.717, 1.165) is 16.3 Å². The summed E-state index contributed by atoms with van der Waals surface area (Å²) in [4.78, 5) is 0. The second-order valence-electron chi connectivity index (χ2n) is 6.24. The van der Waals surface area contributed by atoms with E-state index in [1.54, 1.807) is 0 Å². The molecular weight excluding hydrogens is 290 g/mol. The number of benzene rings is 5. The van der Waals surface area contributed by atoms with Crippen LogP contribution in [0.25, 0.3) is 43.1 Å². The molecule has 0 heterocycles. The van der Waals surface area contributed by atoms with Gasteiger partial charge in [0.1, 0.15) is 0 Å². The molecule has 5 rings (SSSR count). The molecule has 0 aliphatic heterocycles. The fourth-order valence-electron chi connectivity index (χ4n) is 3.57. The Labute approximate surface area is 139 Å². The van der Waals surface area contributed by atoms with Crippen LogP contribution < -0.4 is 0 Å². The third-order valence-electron chi connectivity index (χ3n) is 4.78. The van der Waals surface area contributed by atoms with Crippen LogP contribution in [0.3, 0.4) is 0 Å². The molecule has 1 nitrogen and oxygen atoms in total. The van der Waals surface area contributed by atoms with E-state index in [-0.39, 0.29) is 0 Å². The van der Waals surface area contributed by atoms with E-state index < -0.39 is 0 Å². The lowest BCUT2D eigenvalue weighted by molar-refractivity contribution is 1.51. The van der Waals surface area contributed by atoms with Crippen molar-refractivity contribution in [2.75, 3.05) is 0 Å². The molecule has 0 N–H and O–H groups in total. The van der Waals surface area contributed by atoms with E-state index in [1.807, 2.05) is 12.1 Å². The lowest BCUT2D eigenvalue weighted by atomic mass is 9.96. The standard InChI is InChI=1S/C23H13N/c24-14-18-7-3-6-17-10-21-11-19-8-15-4-1-2-5-16(15)9-20(19)12-22(21)13-23(17)18/h1-13H. The second-order valence-corrected chi connectivity index (χ2v) is 6.24.